The van der Waals surface area contributed by atoms with Gasteiger partial charge in [0.25, 0.3) is 0 Å². The molecule has 1 unspecified atom stereocenters. The van der Waals surface area contributed by atoms with Crippen molar-refractivity contribution in [2.75, 3.05) is 13.2 Å². The number of esters is 1. The molecule has 0 fully saturated rings. The van der Waals surface area contributed by atoms with Crippen LogP contribution in [0.15, 0.2) is 30.3 Å². The zero-order valence-electron chi connectivity index (χ0n) is 11.2. The number of amides is 1. The van der Waals surface area contributed by atoms with Crippen molar-refractivity contribution in [2.45, 2.75) is 26.3 Å². The smallest absolute Gasteiger partial charge is 0.328 e. The minimum Gasteiger partial charge on any atom is -0.493 e. The van der Waals surface area contributed by atoms with E-state index in [0.717, 1.165) is 0 Å². The van der Waals surface area contributed by atoms with Crippen LogP contribution in [0.5, 0.6) is 5.75 Å². The molecule has 1 N–H and O–H groups in total. The third-order valence-electron chi connectivity index (χ3n) is 2.36. The van der Waals surface area contributed by atoms with Gasteiger partial charge in [0.15, 0.2) is 0 Å². The number of ether oxygens (including phenoxy) is 2. The third kappa shape index (κ3) is 5.90. The highest BCUT2D eigenvalue weighted by atomic mass is 16.5. The first kappa shape index (κ1) is 15.0. The van der Waals surface area contributed by atoms with E-state index in [1.807, 2.05) is 30.3 Å². The van der Waals surface area contributed by atoms with Crippen molar-refractivity contribution in [3.8, 4) is 5.75 Å². The first-order chi connectivity index (χ1) is 9.13. The maximum absolute atomic E-state index is 11.6. The number of carbonyl (C=O) groups is 2. The Morgan fingerprint density at radius 3 is 2.58 bits per heavy atom. The van der Waals surface area contributed by atoms with Gasteiger partial charge in [-0.1, -0.05) is 18.2 Å². The van der Waals surface area contributed by atoms with Gasteiger partial charge in [-0.05, 0) is 26.0 Å². The predicted octanol–water partition coefficient (Wildman–Crippen LogP) is 1.52. The maximum atomic E-state index is 11.6. The predicted molar refractivity (Wildman–Crippen MR) is 70.8 cm³/mol. The molecule has 1 atom stereocenters. The van der Waals surface area contributed by atoms with Crippen LogP contribution < -0.4 is 10.1 Å². The Hall–Kier alpha value is -2.04. The van der Waals surface area contributed by atoms with E-state index in [0.29, 0.717) is 12.4 Å². The van der Waals surface area contributed by atoms with Crippen molar-refractivity contribution in [1.29, 1.82) is 0 Å². The lowest BCUT2D eigenvalue weighted by Gasteiger charge is -2.12. The minimum absolute atomic E-state index is 0.193. The standard InChI is InChI=1S/C14H19NO4/c1-3-18-14(17)11(2)15-13(16)9-10-19-12-7-5-4-6-8-12/h4-8,11H,3,9-10H2,1-2H3,(H,15,16). The first-order valence-corrected chi connectivity index (χ1v) is 6.27. The fourth-order valence-corrected chi connectivity index (χ4v) is 1.42. The summed E-state index contributed by atoms with van der Waals surface area (Å²) in [6, 6.07) is 8.61. The van der Waals surface area contributed by atoms with E-state index in [9.17, 15) is 9.59 Å². The second-order valence-electron chi connectivity index (χ2n) is 3.95. The number of benzene rings is 1. The van der Waals surface area contributed by atoms with E-state index in [-0.39, 0.29) is 18.9 Å². The van der Waals surface area contributed by atoms with Gasteiger partial charge in [-0.15, -0.1) is 0 Å². The van der Waals surface area contributed by atoms with Crippen LogP contribution in [0.25, 0.3) is 0 Å². The average Bonchev–Trinajstić information content (AvgIpc) is 2.40. The van der Waals surface area contributed by atoms with Crippen LogP contribution in [0.3, 0.4) is 0 Å². The third-order valence-corrected chi connectivity index (χ3v) is 2.36. The molecule has 5 heteroatoms. The van der Waals surface area contributed by atoms with Crippen molar-refractivity contribution in [2.24, 2.45) is 0 Å². The molecule has 0 aliphatic heterocycles. The highest BCUT2D eigenvalue weighted by molar-refractivity contribution is 5.84. The number of hydrogen-bond donors (Lipinski definition) is 1. The quantitative estimate of drug-likeness (QED) is 0.759. The largest absolute Gasteiger partial charge is 0.493 e. The van der Waals surface area contributed by atoms with E-state index in [4.69, 9.17) is 9.47 Å². The normalized spacial score (nSPS) is 11.5. The summed E-state index contributed by atoms with van der Waals surface area (Å²) in [5, 5.41) is 2.56. The summed E-state index contributed by atoms with van der Waals surface area (Å²) in [6.07, 6.45) is 0.193. The molecule has 19 heavy (non-hydrogen) atoms. The molecule has 0 aliphatic carbocycles. The average molecular weight is 265 g/mol. The SMILES string of the molecule is CCOC(=O)C(C)NC(=O)CCOc1ccccc1. The zero-order valence-corrected chi connectivity index (χ0v) is 11.2. The van der Waals surface area contributed by atoms with Crippen molar-refractivity contribution in [1.82, 2.24) is 5.32 Å². The van der Waals surface area contributed by atoms with Crippen molar-refractivity contribution < 1.29 is 19.1 Å². The monoisotopic (exact) mass is 265 g/mol. The molecular weight excluding hydrogens is 246 g/mol. The Morgan fingerprint density at radius 2 is 1.95 bits per heavy atom. The molecule has 1 aromatic rings. The Labute approximate surface area is 112 Å². The minimum atomic E-state index is -0.635. The lowest BCUT2D eigenvalue weighted by atomic mass is 10.3. The van der Waals surface area contributed by atoms with Gasteiger partial charge in [0.2, 0.25) is 5.91 Å². The van der Waals surface area contributed by atoms with Crippen LogP contribution in [-0.4, -0.2) is 31.1 Å². The summed E-state index contributed by atoms with van der Waals surface area (Å²) in [7, 11) is 0. The Kier molecular flexibility index (Phi) is 6.43. The molecule has 0 saturated carbocycles. The van der Waals surface area contributed by atoms with E-state index < -0.39 is 12.0 Å². The fraction of sp³-hybridized carbons (Fsp3) is 0.429. The molecule has 0 bridgehead atoms. The summed E-state index contributed by atoms with van der Waals surface area (Å²) in [4.78, 5) is 22.9. The van der Waals surface area contributed by atoms with Crippen LogP contribution >= 0.6 is 0 Å². The molecule has 0 radical (unpaired) electrons. The lowest BCUT2D eigenvalue weighted by molar-refractivity contribution is -0.146. The molecule has 0 saturated heterocycles. The van der Waals surface area contributed by atoms with E-state index in [1.54, 1.807) is 13.8 Å². The van der Waals surface area contributed by atoms with Gasteiger partial charge in [-0.25, -0.2) is 4.79 Å². The van der Waals surface area contributed by atoms with Crippen LogP contribution in [0.4, 0.5) is 0 Å². The number of carbonyl (C=O) groups excluding carboxylic acids is 2. The molecule has 104 valence electrons. The first-order valence-electron chi connectivity index (χ1n) is 6.27. The van der Waals surface area contributed by atoms with Gasteiger partial charge in [0.05, 0.1) is 19.6 Å². The van der Waals surface area contributed by atoms with Crippen LogP contribution in [0.1, 0.15) is 20.3 Å². The van der Waals surface area contributed by atoms with Crippen LogP contribution in [0.2, 0.25) is 0 Å². The summed E-state index contributed by atoms with van der Waals surface area (Å²) >= 11 is 0. The highest BCUT2D eigenvalue weighted by Gasteiger charge is 2.16. The van der Waals surface area contributed by atoms with Gasteiger partial charge in [0.1, 0.15) is 11.8 Å². The molecular formula is C14H19NO4. The molecule has 0 spiro atoms. The summed E-state index contributed by atoms with van der Waals surface area (Å²) < 4.78 is 10.2. The maximum Gasteiger partial charge on any atom is 0.328 e. The summed E-state index contributed by atoms with van der Waals surface area (Å²) in [5.74, 6) is 0.0463. The van der Waals surface area contributed by atoms with E-state index in [2.05, 4.69) is 5.32 Å². The van der Waals surface area contributed by atoms with Crippen molar-refractivity contribution in [3.05, 3.63) is 30.3 Å². The number of hydrogen-bond acceptors (Lipinski definition) is 4. The number of rotatable bonds is 7. The number of nitrogens with one attached hydrogen (secondary N) is 1. The summed E-state index contributed by atoms with van der Waals surface area (Å²) in [6.45, 7) is 3.88. The summed E-state index contributed by atoms with van der Waals surface area (Å²) in [5.41, 5.74) is 0. The van der Waals surface area contributed by atoms with Gasteiger partial charge in [0, 0.05) is 0 Å². The van der Waals surface area contributed by atoms with Crippen LogP contribution in [-0.2, 0) is 14.3 Å². The van der Waals surface area contributed by atoms with Crippen molar-refractivity contribution in [3.63, 3.8) is 0 Å². The van der Waals surface area contributed by atoms with E-state index in [1.165, 1.54) is 0 Å². The van der Waals surface area contributed by atoms with Gasteiger partial charge < -0.3 is 14.8 Å². The molecule has 0 aliphatic rings. The fourth-order valence-electron chi connectivity index (χ4n) is 1.42. The van der Waals surface area contributed by atoms with Crippen LogP contribution in [0, 0.1) is 0 Å². The van der Waals surface area contributed by atoms with Crippen molar-refractivity contribution >= 4 is 11.9 Å². The molecule has 1 aromatic carbocycles. The topological polar surface area (TPSA) is 64.6 Å². The molecule has 1 rings (SSSR count). The second kappa shape index (κ2) is 8.13. The van der Waals surface area contributed by atoms with E-state index >= 15 is 0 Å². The molecule has 1 amide bonds. The molecule has 0 heterocycles. The Balaban J connectivity index is 2.23. The molecule has 0 aromatic heterocycles. The zero-order chi connectivity index (χ0) is 14.1. The highest BCUT2D eigenvalue weighted by Crippen LogP contribution is 2.08. The van der Waals surface area contributed by atoms with Gasteiger partial charge >= 0.3 is 5.97 Å². The molecule has 5 nitrogen and oxygen atoms in total. The number of para-hydroxylation sites is 1. The Morgan fingerprint density at radius 1 is 1.26 bits per heavy atom. The van der Waals surface area contributed by atoms with Gasteiger partial charge in [-0.3, -0.25) is 4.79 Å². The lowest BCUT2D eigenvalue weighted by Crippen LogP contribution is -2.40. The van der Waals surface area contributed by atoms with Gasteiger partial charge in [-0.2, -0.15) is 0 Å². The Bertz CT molecular complexity index is 405. The second-order valence-corrected chi connectivity index (χ2v) is 3.95.